The van der Waals surface area contributed by atoms with E-state index in [9.17, 15) is 14.0 Å². The molecule has 1 N–H and O–H groups in total. The summed E-state index contributed by atoms with van der Waals surface area (Å²) in [4.78, 5) is 25.4. The van der Waals surface area contributed by atoms with Gasteiger partial charge in [0.25, 0.3) is 5.56 Å². The minimum absolute atomic E-state index is 0.0682. The molecule has 0 aliphatic heterocycles. The van der Waals surface area contributed by atoms with E-state index in [1.54, 1.807) is 29.7 Å². The van der Waals surface area contributed by atoms with Gasteiger partial charge in [-0.1, -0.05) is 43.3 Å². The van der Waals surface area contributed by atoms with Gasteiger partial charge in [-0.25, -0.2) is 4.39 Å². The summed E-state index contributed by atoms with van der Waals surface area (Å²) in [5, 5.41) is 12.3. The number of aryl methyl sites for hydroxylation is 2. The van der Waals surface area contributed by atoms with E-state index in [4.69, 9.17) is 0 Å². The summed E-state index contributed by atoms with van der Waals surface area (Å²) in [6, 6.07) is 11.9. The van der Waals surface area contributed by atoms with Crippen molar-refractivity contribution in [3.8, 4) is 0 Å². The maximum atomic E-state index is 13.7. The summed E-state index contributed by atoms with van der Waals surface area (Å²) < 4.78 is 17.2. The van der Waals surface area contributed by atoms with Gasteiger partial charge in [0, 0.05) is 12.2 Å². The number of aromatic nitrogens is 4. The predicted molar refractivity (Wildman–Crippen MR) is 120 cm³/mol. The average molecular weight is 440 g/mol. The van der Waals surface area contributed by atoms with Crippen LogP contribution in [-0.4, -0.2) is 30.8 Å². The second kappa shape index (κ2) is 8.89. The van der Waals surface area contributed by atoms with Gasteiger partial charge >= 0.3 is 0 Å². The largest absolute Gasteiger partial charge is 0.325 e. The number of benzene rings is 2. The van der Waals surface area contributed by atoms with Crippen LogP contribution in [0.25, 0.3) is 16.7 Å². The van der Waals surface area contributed by atoms with E-state index >= 15 is 0 Å². The van der Waals surface area contributed by atoms with E-state index in [-0.39, 0.29) is 23.0 Å². The molecule has 0 saturated heterocycles. The molecule has 0 unspecified atom stereocenters. The van der Waals surface area contributed by atoms with Crippen molar-refractivity contribution in [2.75, 3.05) is 11.1 Å². The van der Waals surface area contributed by atoms with Crippen molar-refractivity contribution >= 4 is 40.0 Å². The van der Waals surface area contributed by atoms with Crippen molar-refractivity contribution in [3.63, 3.8) is 0 Å². The van der Waals surface area contributed by atoms with Crippen LogP contribution in [0, 0.1) is 12.7 Å². The van der Waals surface area contributed by atoms with Crippen LogP contribution >= 0.6 is 11.8 Å². The zero-order chi connectivity index (χ0) is 22.0. The molecule has 0 aliphatic carbocycles. The second-order valence-corrected chi connectivity index (χ2v) is 8.19. The van der Waals surface area contributed by atoms with Crippen LogP contribution in [0.2, 0.25) is 0 Å². The van der Waals surface area contributed by atoms with Gasteiger partial charge in [0.1, 0.15) is 5.82 Å². The lowest BCUT2D eigenvalue weighted by molar-refractivity contribution is -0.113. The van der Waals surface area contributed by atoms with Crippen LogP contribution < -0.4 is 10.9 Å². The molecule has 31 heavy (non-hydrogen) atoms. The maximum absolute atomic E-state index is 13.7. The van der Waals surface area contributed by atoms with Gasteiger partial charge < -0.3 is 5.32 Å². The summed E-state index contributed by atoms with van der Waals surface area (Å²) in [6.45, 7) is 4.27. The molecule has 2 aromatic carbocycles. The van der Waals surface area contributed by atoms with Gasteiger partial charge in [-0.15, -0.1) is 10.2 Å². The minimum Gasteiger partial charge on any atom is -0.325 e. The molecular formula is C22H22FN5O2S. The normalized spacial score (nSPS) is 11.3. The number of nitrogens with zero attached hydrogens (tertiary/aromatic N) is 4. The van der Waals surface area contributed by atoms with Crippen molar-refractivity contribution in [2.45, 2.75) is 38.4 Å². The summed E-state index contributed by atoms with van der Waals surface area (Å²) in [5.74, 6) is -0.127. The number of para-hydroxylation sites is 1. The number of carbonyl (C=O) groups excluding carboxylic acids is 1. The first kappa shape index (κ1) is 21.0. The molecule has 160 valence electrons. The Hall–Kier alpha value is -3.20. The number of thioether (sulfide) groups is 1. The van der Waals surface area contributed by atoms with Crippen molar-refractivity contribution in [3.05, 3.63) is 64.2 Å². The Morgan fingerprint density at radius 1 is 1.19 bits per heavy atom. The highest BCUT2D eigenvalue weighted by Gasteiger charge is 2.17. The topological polar surface area (TPSA) is 81.3 Å². The molecule has 0 aliphatic rings. The van der Waals surface area contributed by atoms with Crippen molar-refractivity contribution in [1.82, 2.24) is 19.2 Å². The first-order valence-electron chi connectivity index (χ1n) is 10.0. The fourth-order valence-electron chi connectivity index (χ4n) is 3.34. The third-order valence-electron chi connectivity index (χ3n) is 5.00. The standard InChI is InChI=1S/C22H22FN5O2S/c1-3-4-11-27-20(30)16-7-5-6-8-18(16)28-21(27)25-26-22(28)31-13-19(29)24-15-10-9-14(2)17(23)12-15/h5-10,12H,3-4,11,13H2,1-2H3,(H,24,29). The summed E-state index contributed by atoms with van der Waals surface area (Å²) in [5.41, 5.74) is 1.52. The second-order valence-electron chi connectivity index (χ2n) is 7.25. The average Bonchev–Trinajstić information content (AvgIpc) is 3.19. The molecule has 0 bridgehead atoms. The molecule has 0 atom stereocenters. The first-order valence-corrected chi connectivity index (χ1v) is 11.0. The molecule has 4 rings (SSSR count). The molecule has 9 heteroatoms. The molecule has 0 spiro atoms. The Morgan fingerprint density at radius 3 is 2.77 bits per heavy atom. The highest BCUT2D eigenvalue weighted by atomic mass is 32.2. The van der Waals surface area contributed by atoms with E-state index in [2.05, 4.69) is 22.4 Å². The Bertz CT molecular complexity index is 1330. The lowest BCUT2D eigenvalue weighted by Crippen LogP contribution is -2.23. The lowest BCUT2D eigenvalue weighted by Gasteiger charge is -2.11. The van der Waals surface area contributed by atoms with Crippen LogP contribution in [-0.2, 0) is 11.3 Å². The van der Waals surface area contributed by atoms with E-state index in [1.807, 2.05) is 22.6 Å². The van der Waals surface area contributed by atoms with Gasteiger partial charge in [-0.3, -0.25) is 18.6 Å². The number of amides is 1. The fourth-order valence-corrected chi connectivity index (χ4v) is 4.08. The number of halogens is 1. The van der Waals surface area contributed by atoms with Crippen LogP contribution in [0.15, 0.2) is 52.4 Å². The third kappa shape index (κ3) is 4.18. The van der Waals surface area contributed by atoms with Crippen molar-refractivity contribution in [1.29, 1.82) is 0 Å². The maximum Gasteiger partial charge on any atom is 0.262 e. The SMILES string of the molecule is CCCCn1c(=O)c2ccccc2n2c(SCC(=O)Nc3ccc(C)c(F)c3)nnc12. The molecule has 0 saturated carbocycles. The quantitative estimate of drug-likeness (QED) is 0.440. The number of nitrogens with one attached hydrogen (secondary N) is 1. The number of hydrogen-bond donors (Lipinski definition) is 1. The lowest BCUT2D eigenvalue weighted by atomic mass is 10.2. The van der Waals surface area contributed by atoms with Gasteiger partial charge in [0.2, 0.25) is 11.7 Å². The first-order chi connectivity index (χ1) is 15.0. The van der Waals surface area contributed by atoms with E-state index < -0.39 is 0 Å². The molecule has 1 amide bonds. The molecule has 2 aromatic heterocycles. The van der Waals surface area contributed by atoms with Gasteiger partial charge in [-0.05, 0) is 43.2 Å². The highest BCUT2D eigenvalue weighted by molar-refractivity contribution is 7.99. The number of unbranched alkanes of at least 4 members (excludes halogenated alkanes) is 1. The van der Waals surface area contributed by atoms with Gasteiger partial charge in [0.15, 0.2) is 5.16 Å². The fraction of sp³-hybridized carbons (Fsp3) is 0.273. The third-order valence-corrected chi connectivity index (χ3v) is 5.93. The zero-order valence-corrected chi connectivity index (χ0v) is 18.1. The number of rotatable bonds is 7. The number of anilines is 1. The van der Waals surface area contributed by atoms with Gasteiger partial charge in [-0.2, -0.15) is 0 Å². The Balaban J connectivity index is 1.63. The molecule has 0 fully saturated rings. The van der Waals surface area contributed by atoms with E-state index in [1.165, 1.54) is 17.8 Å². The smallest absolute Gasteiger partial charge is 0.262 e. The number of carbonyl (C=O) groups is 1. The van der Waals surface area contributed by atoms with Gasteiger partial charge in [0.05, 0.1) is 16.7 Å². The predicted octanol–water partition coefficient (Wildman–Crippen LogP) is 4.02. The summed E-state index contributed by atoms with van der Waals surface area (Å²) in [6.07, 6.45) is 1.79. The van der Waals surface area contributed by atoms with Crippen LogP contribution in [0.3, 0.4) is 0 Å². The number of hydrogen-bond acceptors (Lipinski definition) is 5. The van der Waals surface area contributed by atoms with Crippen LogP contribution in [0.4, 0.5) is 10.1 Å². The summed E-state index contributed by atoms with van der Waals surface area (Å²) in [7, 11) is 0. The Labute approximate surface area is 182 Å². The van der Waals surface area contributed by atoms with Crippen molar-refractivity contribution < 1.29 is 9.18 Å². The summed E-state index contributed by atoms with van der Waals surface area (Å²) >= 11 is 1.21. The van der Waals surface area contributed by atoms with Crippen LogP contribution in [0.1, 0.15) is 25.3 Å². The molecule has 4 aromatic rings. The van der Waals surface area contributed by atoms with E-state index in [0.29, 0.717) is 39.6 Å². The molecular weight excluding hydrogens is 417 g/mol. The van der Waals surface area contributed by atoms with Crippen LogP contribution in [0.5, 0.6) is 0 Å². The monoisotopic (exact) mass is 439 g/mol. The Kier molecular flexibility index (Phi) is 6.03. The number of fused-ring (bicyclic) bond motifs is 3. The zero-order valence-electron chi connectivity index (χ0n) is 17.3. The minimum atomic E-state index is -0.370. The molecule has 7 nitrogen and oxygen atoms in total. The molecule has 0 radical (unpaired) electrons. The Morgan fingerprint density at radius 2 is 2.00 bits per heavy atom. The highest BCUT2D eigenvalue weighted by Crippen LogP contribution is 2.22. The van der Waals surface area contributed by atoms with E-state index in [0.717, 1.165) is 12.8 Å². The molecule has 2 heterocycles. The van der Waals surface area contributed by atoms with Crippen molar-refractivity contribution in [2.24, 2.45) is 0 Å².